The molecule has 8 heteroatoms. The molecule has 1 saturated heterocycles. The van der Waals surface area contributed by atoms with Gasteiger partial charge in [-0.1, -0.05) is 12.1 Å². The normalized spacial score (nSPS) is 18.4. The maximum Gasteiger partial charge on any atom is 0.319 e. The number of unbranched alkanes of at least 4 members (excludes halogenated alkanes) is 1. The van der Waals surface area contributed by atoms with Gasteiger partial charge in [-0.3, -0.25) is 29.4 Å². The summed E-state index contributed by atoms with van der Waals surface area (Å²) in [5.74, 6) is -0.720. The minimum absolute atomic E-state index is 0.0703. The molecule has 3 rings (SSSR count). The van der Waals surface area contributed by atoms with Crippen LogP contribution in [0, 0.1) is 13.8 Å². The number of ether oxygens (including phenoxy) is 2. The fraction of sp³-hybridized carbons (Fsp3) is 0.556. The minimum atomic E-state index is -0.360. The number of esters is 2. The van der Waals surface area contributed by atoms with Crippen molar-refractivity contribution in [2.24, 2.45) is 0 Å². The van der Waals surface area contributed by atoms with E-state index in [1.807, 2.05) is 24.5 Å². The lowest BCUT2D eigenvalue weighted by molar-refractivity contribution is -0.145. The number of methoxy groups -OCH3 is 2. The van der Waals surface area contributed by atoms with Crippen molar-refractivity contribution in [3.05, 3.63) is 59.2 Å². The van der Waals surface area contributed by atoms with Crippen LogP contribution in [0.2, 0.25) is 0 Å². The van der Waals surface area contributed by atoms with Gasteiger partial charge in [-0.2, -0.15) is 0 Å². The molecule has 1 aliphatic rings. The van der Waals surface area contributed by atoms with Crippen molar-refractivity contribution in [1.82, 2.24) is 19.8 Å². The quantitative estimate of drug-likeness (QED) is 0.353. The van der Waals surface area contributed by atoms with E-state index in [1.54, 1.807) is 4.90 Å². The molecule has 0 aromatic carbocycles. The van der Waals surface area contributed by atoms with Crippen LogP contribution in [0.25, 0.3) is 0 Å². The third kappa shape index (κ3) is 7.32. The highest BCUT2D eigenvalue weighted by molar-refractivity contribution is 5.74. The molecule has 2 atom stereocenters. The maximum absolute atomic E-state index is 11.8. The van der Waals surface area contributed by atoms with Crippen LogP contribution in [0.15, 0.2) is 36.7 Å². The standard InChI is InChI=1S/C27H38N4O4/c1-20-10-8-14-28-26(20)22-12-7-13-23(27-21(2)11-9-15-29-27)31(22)17-6-5-16-30(18-24(32)34-3)19-25(33)35-4/h8-11,14-15,22-23H,5-7,12-13,16-19H2,1-4H3. The van der Waals surface area contributed by atoms with Crippen molar-refractivity contribution in [2.45, 2.75) is 58.0 Å². The van der Waals surface area contributed by atoms with Crippen LogP contribution in [-0.2, 0) is 19.1 Å². The fourth-order valence-corrected chi connectivity index (χ4v) is 4.98. The Morgan fingerprint density at radius 1 is 0.914 bits per heavy atom. The molecule has 0 N–H and O–H groups in total. The van der Waals surface area contributed by atoms with Gasteiger partial charge in [0, 0.05) is 12.4 Å². The molecule has 2 unspecified atom stereocenters. The van der Waals surface area contributed by atoms with E-state index >= 15 is 0 Å². The van der Waals surface area contributed by atoms with Gasteiger partial charge in [0.05, 0.1) is 50.8 Å². The highest BCUT2D eigenvalue weighted by Crippen LogP contribution is 2.42. The average Bonchev–Trinajstić information content (AvgIpc) is 2.87. The smallest absolute Gasteiger partial charge is 0.319 e. The summed E-state index contributed by atoms with van der Waals surface area (Å²) in [7, 11) is 2.71. The summed E-state index contributed by atoms with van der Waals surface area (Å²) in [5, 5.41) is 0. The van der Waals surface area contributed by atoms with Crippen molar-refractivity contribution in [2.75, 3.05) is 40.4 Å². The zero-order valence-electron chi connectivity index (χ0n) is 21.4. The Morgan fingerprint density at radius 2 is 1.43 bits per heavy atom. The van der Waals surface area contributed by atoms with Crippen LogP contribution in [-0.4, -0.2) is 72.1 Å². The first kappa shape index (κ1) is 26.8. The summed E-state index contributed by atoms with van der Waals surface area (Å²) in [6.07, 6.45) is 8.79. The highest BCUT2D eigenvalue weighted by Gasteiger charge is 2.34. The van der Waals surface area contributed by atoms with Crippen LogP contribution in [0.5, 0.6) is 0 Å². The Kier molecular flexibility index (Phi) is 10.2. The van der Waals surface area contributed by atoms with Crippen molar-refractivity contribution in [1.29, 1.82) is 0 Å². The van der Waals surface area contributed by atoms with Gasteiger partial charge in [-0.15, -0.1) is 0 Å². The second-order valence-corrected chi connectivity index (χ2v) is 9.18. The molecule has 1 fully saturated rings. The van der Waals surface area contributed by atoms with Crippen LogP contribution in [0.4, 0.5) is 0 Å². The number of carbonyl (C=O) groups excluding carboxylic acids is 2. The van der Waals surface area contributed by atoms with Crippen LogP contribution in [0.3, 0.4) is 0 Å². The number of carbonyl (C=O) groups is 2. The predicted octanol–water partition coefficient (Wildman–Crippen LogP) is 3.79. The van der Waals surface area contributed by atoms with E-state index in [1.165, 1.54) is 25.3 Å². The van der Waals surface area contributed by atoms with Crippen molar-refractivity contribution in [3.63, 3.8) is 0 Å². The van der Waals surface area contributed by atoms with E-state index in [-0.39, 0.29) is 37.1 Å². The van der Waals surface area contributed by atoms with Gasteiger partial charge in [-0.05, 0) is 82.3 Å². The third-order valence-electron chi connectivity index (χ3n) is 6.79. The predicted molar refractivity (Wildman–Crippen MR) is 134 cm³/mol. The molecular formula is C27H38N4O4. The SMILES string of the molecule is COC(=O)CN(CCCCN1C(c2ncccc2C)CCCC1c1ncccc1C)CC(=O)OC. The summed E-state index contributed by atoms with van der Waals surface area (Å²) in [5.41, 5.74) is 4.71. The summed E-state index contributed by atoms with van der Waals surface area (Å²) >= 11 is 0. The fourth-order valence-electron chi connectivity index (χ4n) is 4.98. The van der Waals surface area contributed by atoms with Crippen molar-refractivity contribution >= 4 is 11.9 Å². The average molecular weight is 483 g/mol. The minimum Gasteiger partial charge on any atom is -0.468 e. The van der Waals surface area contributed by atoms with Gasteiger partial charge in [0.2, 0.25) is 0 Å². The van der Waals surface area contributed by atoms with E-state index in [2.05, 4.69) is 30.9 Å². The number of piperidine rings is 1. The molecule has 2 aromatic heterocycles. The van der Waals surface area contributed by atoms with E-state index in [9.17, 15) is 9.59 Å². The Morgan fingerprint density at radius 3 is 1.89 bits per heavy atom. The van der Waals surface area contributed by atoms with E-state index in [0.717, 1.165) is 50.0 Å². The molecule has 0 spiro atoms. The summed E-state index contributed by atoms with van der Waals surface area (Å²) < 4.78 is 9.58. The number of aromatic nitrogens is 2. The van der Waals surface area contributed by atoms with Gasteiger partial charge in [0.15, 0.2) is 0 Å². The van der Waals surface area contributed by atoms with E-state index in [0.29, 0.717) is 6.54 Å². The first-order valence-corrected chi connectivity index (χ1v) is 12.4. The van der Waals surface area contributed by atoms with E-state index < -0.39 is 0 Å². The Hall–Kier alpha value is -2.84. The molecule has 0 amide bonds. The molecule has 8 nitrogen and oxygen atoms in total. The largest absolute Gasteiger partial charge is 0.468 e. The van der Waals surface area contributed by atoms with Gasteiger partial charge in [0.25, 0.3) is 0 Å². The first-order valence-electron chi connectivity index (χ1n) is 12.4. The highest BCUT2D eigenvalue weighted by atomic mass is 16.5. The lowest BCUT2D eigenvalue weighted by Gasteiger charge is -2.42. The maximum atomic E-state index is 11.8. The molecule has 3 heterocycles. The molecule has 2 aromatic rings. The second kappa shape index (κ2) is 13.3. The van der Waals surface area contributed by atoms with Crippen LogP contribution < -0.4 is 0 Å². The Labute approximate surface area is 208 Å². The summed E-state index contributed by atoms with van der Waals surface area (Å²) in [6, 6.07) is 8.71. The molecule has 1 aliphatic heterocycles. The molecule has 0 bridgehead atoms. The number of nitrogens with zero attached hydrogens (tertiary/aromatic N) is 4. The van der Waals surface area contributed by atoms with Crippen molar-refractivity contribution in [3.8, 4) is 0 Å². The molecule has 190 valence electrons. The molecular weight excluding hydrogens is 444 g/mol. The van der Waals surface area contributed by atoms with E-state index in [4.69, 9.17) is 19.4 Å². The molecule has 0 saturated carbocycles. The number of aryl methyl sites for hydroxylation is 2. The number of hydrogen-bond acceptors (Lipinski definition) is 8. The van der Waals surface area contributed by atoms with Gasteiger partial charge >= 0.3 is 11.9 Å². The Balaban J connectivity index is 1.74. The number of hydrogen-bond donors (Lipinski definition) is 0. The second-order valence-electron chi connectivity index (χ2n) is 9.18. The number of likely N-dealkylation sites (tertiary alicyclic amines) is 1. The summed E-state index contributed by atoms with van der Waals surface area (Å²) in [4.78, 5) is 37.5. The van der Waals surface area contributed by atoms with Gasteiger partial charge in [0.1, 0.15) is 0 Å². The van der Waals surface area contributed by atoms with Gasteiger partial charge < -0.3 is 9.47 Å². The lowest BCUT2D eigenvalue weighted by Crippen LogP contribution is -2.39. The van der Waals surface area contributed by atoms with Crippen LogP contribution >= 0.6 is 0 Å². The number of pyridine rings is 2. The zero-order chi connectivity index (χ0) is 25.2. The molecule has 0 aliphatic carbocycles. The zero-order valence-corrected chi connectivity index (χ0v) is 21.4. The molecule has 35 heavy (non-hydrogen) atoms. The lowest BCUT2D eigenvalue weighted by atomic mass is 9.88. The number of rotatable bonds is 11. The van der Waals surface area contributed by atoms with Crippen molar-refractivity contribution < 1.29 is 19.1 Å². The van der Waals surface area contributed by atoms with Crippen LogP contribution in [0.1, 0.15) is 66.7 Å². The Bertz CT molecular complexity index is 912. The third-order valence-corrected chi connectivity index (χ3v) is 6.79. The van der Waals surface area contributed by atoms with Gasteiger partial charge in [-0.25, -0.2) is 0 Å². The monoisotopic (exact) mass is 482 g/mol. The molecule has 0 radical (unpaired) electrons. The topological polar surface area (TPSA) is 84.9 Å². The summed E-state index contributed by atoms with van der Waals surface area (Å²) in [6.45, 7) is 5.90. The first-order chi connectivity index (χ1) is 16.9.